The zero-order chi connectivity index (χ0) is 18.5. The van der Waals surface area contributed by atoms with Crippen molar-refractivity contribution in [3.05, 3.63) is 42.5 Å². The highest BCUT2D eigenvalue weighted by atomic mass is 16.7. The van der Waals surface area contributed by atoms with Crippen LogP contribution in [0.4, 0.5) is 0 Å². The van der Waals surface area contributed by atoms with Gasteiger partial charge in [0.15, 0.2) is 6.29 Å². The van der Waals surface area contributed by atoms with Crippen LogP contribution in [-0.2, 0) is 9.63 Å². The van der Waals surface area contributed by atoms with Gasteiger partial charge in [0, 0.05) is 19.0 Å². The third-order valence-electron chi connectivity index (χ3n) is 3.46. The van der Waals surface area contributed by atoms with Crippen LogP contribution in [0.2, 0.25) is 0 Å². The molecule has 0 saturated heterocycles. The summed E-state index contributed by atoms with van der Waals surface area (Å²) in [6.45, 7) is 5.77. The van der Waals surface area contributed by atoms with Crippen molar-refractivity contribution in [3.8, 4) is 5.75 Å². The monoisotopic (exact) mass is 339 g/mol. The molecule has 1 rings (SSSR count). The molecule has 0 aromatic heterocycles. The molecule has 0 aliphatic carbocycles. The third-order valence-corrected chi connectivity index (χ3v) is 3.46. The van der Waals surface area contributed by atoms with E-state index in [1.807, 2.05) is 6.08 Å². The molecule has 0 heterocycles. The van der Waals surface area contributed by atoms with E-state index in [1.54, 1.807) is 38.4 Å². The topological polar surface area (TPSA) is 79.2 Å². The summed E-state index contributed by atoms with van der Waals surface area (Å²) in [6, 6.07) is 6.55. The number of hydrogen-bond donors (Lipinski definition) is 2. The first-order valence-electron chi connectivity index (χ1n) is 7.77. The molecule has 1 aromatic carbocycles. The van der Waals surface area contributed by atoms with Crippen molar-refractivity contribution >= 4 is 5.91 Å². The fourth-order valence-corrected chi connectivity index (χ4v) is 1.81. The first-order chi connectivity index (χ1) is 11.3. The highest BCUT2D eigenvalue weighted by molar-refractivity contribution is 5.74. The molecule has 2 N–H and O–H groups in total. The van der Waals surface area contributed by atoms with E-state index < -0.39 is 6.29 Å². The summed E-state index contributed by atoms with van der Waals surface area (Å²) in [4.78, 5) is 16.0. The number of hydroxylamine groups is 2. The van der Waals surface area contributed by atoms with E-state index in [-0.39, 0.29) is 5.91 Å². The molecule has 0 bridgehead atoms. The number of hydrogen-bond acceptors (Lipinski definition) is 5. The van der Waals surface area contributed by atoms with Crippen LogP contribution in [0.25, 0.3) is 0 Å². The highest BCUT2D eigenvalue weighted by Crippen LogP contribution is 2.15. The summed E-state index contributed by atoms with van der Waals surface area (Å²) in [5, 5.41) is 18.7. The zero-order valence-electron chi connectivity index (χ0n) is 14.9. The zero-order valence-corrected chi connectivity index (χ0v) is 14.9. The first kappa shape index (κ1) is 22.1. The lowest BCUT2D eigenvalue weighted by atomic mass is 10.0. The van der Waals surface area contributed by atoms with Crippen molar-refractivity contribution in [3.63, 3.8) is 0 Å². The van der Waals surface area contributed by atoms with Crippen LogP contribution >= 0.6 is 0 Å². The minimum absolute atomic E-state index is 0.0263. The number of allylic oxidation sites excluding steroid dienone is 1. The summed E-state index contributed by atoms with van der Waals surface area (Å²) in [5.74, 6) is 1.25. The van der Waals surface area contributed by atoms with E-state index in [4.69, 9.17) is 19.8 Å². The molecule has 24 heavy (non-hydrogen) atoms. The summed E-state index contributed by atoms with van der Waals surface area (Å²) >= 11 is 0. The maximum atomic E-state index is 11.3. The number of benzene rings is 1. The number of carbonyl (C=O) groups excluding carboxylic acids is 1. The second kappa shape index (κ2) is 12.5. The molecule has 0 spiro atoms. The SMILES string of the molecule is C=CC[C@@H](C)CCC(=O)N(C)OC.COc1ccc(C(O)O)cc1. The minimum atomic E-state index is -1.40. The Hall–Kier alpha value is -1.89. The molecule has 0 radical (unpaired) electrons. The molecule has 6 nitrogen and oxygen atoms in total. The van der Waals surface area contributed by atoms with Crippen molar-refractivity contribution in [2.75, 3.05) is 21.3 Å². The molecule has 0 fully saturated rings. The van der Waals surface area contributed by atoms with Gasteiger partial charge in [0.25, 0.3) is 0 Å². The van der Waals surface area contributed by atoms with Crippen LogP contribution in [0, 0.1) is 5.92 Å². The van der Waals surface area contributed by atoms with Gasteiger partial charge in [-0.25, -0.2) is 5.06 Å². The number of ether oxygens (including phenoxy) is 1. The molecule has 136 valence electrons. The molecular formula is C18H29NO5. The number of carbonyl (C=O) groups is 1. The van der Waals surface area contributed by atoms with Gasteiger partial charge in [-0.05, 0) is 30.9 Å². The smallest absolute Gasteiger partial charge is 0.245 e. The Morgan fingerprint density at radius 3 is 2.29 bits per heavy atom. The molecule has 0 aliphatic rings. The molecular weight excluding hydrogens is 310 g/mol. The van der Waals surface area contributed by atoms with Gasteiger partial charge in [-0.15, -0.1) is 6.58 Å². The van der Waals surface area contributed by atoms with Gasteiger partial charge in [0.05, 0.1) is 14.2 Å². The van der Waals surface area contributed by atoms with E-state index >= 15 is 0 Å². The molecule has 0 unspecified atom stereocenters. The Kier molecular flexibility index (Phi) is 11.5. The largest absolute Gasteiger partial charge is 0.497 e. The molecule has 1 atom stereocenters. The lowest BCUT2D eigenvalue weighted by molar-refractivity contribution is -0.168. The second-order valence-corrected chi connectivity index (χ2v) is 5.39. The molecule has 1 amide bonds. The summed E-state index contributed by atoms with van der Waals surface area (Å²) < 4.78 is 4.89. The van der Waals surface area contributed by atoms with Crippen LogP contribution in [-0.4, -0.2) is 42.5 Å². The lowest BCUT2D eigenvalue weighted by Crippen LogP contribution is -2.25. The van der Waals surface area contributed by atoms with Crippen LogP contribution in [0.3, 0.4) is 0 Å². The number of aliphatic hydroxyl groups excluding tert-OH is 1. The predicted molar refractivity (Wildman–Crippen MR) is 93.2 cm³/mol. The molecule has 6 heteroatoms. The average molecular weight is 339 g/mol. The fraction of sp³-hybridized carbons (Fsp3) is 0.500. The van der Waals surface area contributed by atoms with Crippen molar-refractivity contribution in [1.82, 2.24) is 5.06 Å². The Morgan fingerprint density at radius 1 is 1.29 bits per heavy atom. The van der Waals surface area contributed by atoms with Gasteiger partial charge < -0.3 is 14.9 Å². The van der Waals surface area contributed by atoms with Crippen molar-refractivity contribution in [2.24, 2.45) is 5.92 Å². The van der Waals surface area contributed by atoms with Gasteiger partial charge in [-0.3, -0.25) is 9.63 Å². The van der Waals surface area contributed by atoms with Gasteiger partial charge in [-0.2, -0.15) is 0 Å². The lowest BCUT2D eigenvalue weighted by Gasteiger charge is -2.14. The summed E-state index contributed by atoms with van der Waals surface area (Å²) in [7, 11) is 4.68. The standard InChI is InChI=1S/C10H19NO2.C8H10O3/c1-5-6-9(2)7-8-10(12)11(3)13-4;1-11-7-4-2-6(3-5-7)8(9)10/h5,9H,1,6-8H2,2-4H3;2-5,8-10H,1H3/t9-;/m1./s1. The average Bonchev–Trinajstić information content (AvgIpc) is 2.59. The van der Waals surface area contributed by atoms with Gasteiger partial charge in [0.1, 0.15) is 5.75 Å². The maximum Gasteiger partial charge on any atom is 0.245 e. The van der Waals surface area contributed by atoms with E-state index in [9.17, 15) is 4.79 Å². The minimum Gasteiger partial charge on any atom is -0.497 e. The van der Waals surface area contributed by atoms with E-state index in [2.05, 4.69) is 13.5 Å². The third kappa shape index (κ3) is 9.29. The number of aliphatic hydroxyl groups is 2. The maximum absolute atomic E-state index is 11.3. The van der Waals surface area contributed by atoms with Gasteiger partial charge in [-0.1, -0.05) is 25.1 Å². The molecule has 1 aromatic rings. The van der Waals surface area contributed by atoms with E-state index in [1.165, 1.54) is 12.2 Å². The van der Waals surface area contributed by atoms with Crippen molar-refractivity contribution in [2.45, 2.75) is 32.5 Å². The second-order valence-electron chi connectivity index (χ2n) is 5.39. The number of methoxy groups -OCH3 is 1. The Balaban J connectivity index is 0.000000446. The van der Waals surface area contributed by atoms with Crippen molar-refractivity contribution in [1.29, 1.82) is 0 Å². The first-order valence-corrected chi connectivity index (χ1v) is 7.77. The van der Waals surface area contributed by atoms with Gasteiger partial charge >= 0.3 is 0 Å². The normalized spacial score (nSPS) is 11.3. The molecule has 0 saturated carbocycles. The predicted octanol–water partition coefficient (Wildman–Crippen LogP) is 2.68. The number of amides is 1. The van der Waals surface area contributed by atoms with Gasteiger partial charge in [0.2, 0.25) is 5.91 Å². The van der Waals surface area contributed by atoms with Crippen LogP contribution in [0.1, 0.15) is 38.0 Å². The van der Waals surface area contributed by atoms with Crippen LogP contribution in [0.15, 0.2) is 36.9 Å². The quantitative estimate of drug-likeness (QED) is 0.432. The van der Waals surface area contributed by atoms with Crippen LogP contribution < -0.4 is 4.74 Å². The Labute approximate surface area is 144 Å². The van der Waals surface area contributed by atoms with Crippen molar-refractivity contribution < 1.29 is 24.6 Å². The van der Waals surface area contributed by atoms with E-state index in [0.717, 1.165) is 12.8 Å². The highest BCUT2D eigenvalue weighted by Gasteiger charge is 2.09. The van der Waals surface area contributed by atoms with Crippen LogP contribution in [0.5, 0.6) is 5.75 Å². The number of nitrogens with zero attached hydrogens (tertiary/aromatic N) is 1. The summed E-state index contributed by atoms with van der Waals surface area (Å²) in [6.07, 6.45) is 2.87. The molecule has 0 aliphatic heterocycles. The Bertz CT molecular complexity index is 473. The fourth-order valence-electron chi connectivity index (χ4n) is 1.81. The summed E-state index contributed by atoms with van der Waals surface area (Å²) in [5.41, 5.74) is 0.464. The number of rotatable bonds is 8. The van der Waals surface area contributed by atoms with E-state index in [0.29, 0.717) is 23.7 Å². The Morgan fingerprint density at radius 2 is 1.88 bits per heavy atom.